The van der Waals surface area contributed by atoms with Crippen molar-refractivity contribution in [2.45, 2.75) is 32.9 Å². The Morgan fingerprint density at radius 2 is 2.05 bits per heavy atom. The molecule has 1 heterocycles. The van der Waals surface area contributed by atoms with Crippen LogP contribution in [0.4, 0.5) is 8.78 Å². The molecule has 1 aromatic carbocycles. The summed E-state index contributed by atoms with van der Waals surface area (Å²) < 4.78 is 27.1. The molecule has 22 heavy (non-hydrogen) atoms. The summed E-state index contributed by atoms with van der Waals surface area (Å²) in [5, 5.41) is 9.27. The lowest BCUT2D eigenvalue weighted by atomic mass is 10.1. The van der Waals surface area contributed by atoms with Crippen LogP contribution in [0.1, 0.15) is 25.8 Å². The number of hydrogen-bond donors (Lipinski definition) is 1. The first kappa shape index (κ1) is 17.3. The van der Waals surface area contributed by atoms with Gasteiger partial charge in [0.1, 0.15) is 11.6 Å². The fourth-order valence-electron chi connectivity index (χ4n) is 3.14. The molecule has 1 aliphatic heterocycles. The molecule has 0 aromatic heterocycles. The fraction of sp³-hybridized carbons (Fsp3) is 0.647. The predicted octanol–water partition coefficient (Wildman–Crippen LogP) is 2.49. The summed E-state index contributed by atoms with van der Waals surface area (Å²) in [6.45, 7) is 8.47. The molecule has 1 aliphatic rings. The fourth-order valence-corrected chi connectivity index (χ4v) is 3.14. The van der Waals surface area contributed by atoms with Gasteiger partial charge in [-0.2, -0.15) is 0 Å². The Morgan fingerprint density at radius 3 is 2.73 bits per heavy atom. The van der Waals surface area contributed by atoms with Gasteiger partial charge >= 0.3 is 0 Å². The Kier molecular flexibility index (Phi) is 6.29. The highest BCUT2D eigenvalue weighted by molar-refractivity contribution is 5.18. The molecule has 1 unspecified atom stereocenters. The lowest BCUT2D eigenvalue weighted by Crippen LogP contribution is -2.53. The zero-order valence-corrected chi connectivity index (χ0v) is 13.4. The topological polar surface area (TPSA) is 26.7 Å². The van der Waals surface area contributed by atoms with Gasteiger partial charge in [0, 0.05) is 50.9 Å². The van der Waals surface area contributed by atoms with Crippen LogP contribution in [-0.4, -0.2) is 53.7 Å². The van der Waals surface area contributed by atoms with Crippen LogP contribution in [0, 0.1) is 17.6 Å². The van der Waals surface area contributed by atoms with E-state index in [4.69, 9.17) is 0 Å². The molecule has 0 bridgehead atoms. The van der Waals surface area contributed by atoms with Crippen molar-refractivity contribution in [3.63, 3.8) is 0 Å². The Bertz CT molecular complexity index is 482. The maximum atomic E-state index is 13.8. The quantitative estimate of drug-likeness (QED) is 0.874. The molecular formula is C17H26F2N2O. The van der Waals surface area contributed by atoms with Crippen LogP contribution in [0.3, 0.4) is 0 Å². The van der Waals surface area contributed by atoms with E-state index in [1.807, 2.05) is 0 Å². The van der Waals surface area contributed by atoms with Crippen molar-refractivity contribution in [2.24, 2.45) is 5.92 Å². The first-order valence-electron chi connectivity index (χ1n) is 8.00. The van der Waals surface area contributed by atoms with Crippen molar-refractivity contribution in [1.82, 2.24) is 9.80 Å². The molecule has 0 saturated carbocycles. The van der Waals surface area contributed by atoms with Crippen molar-refractivity contribution < 1.29 is 13.9 Å². The number of piperazine rings is 1. The molecule has 0 radical (unpaired) electrons. The van der Waals surface area contributed by atoms with Crippen LogP contribution < -0.4 is 0 Å². The van der Waals surface area contributed by atoms with E-state index in [0.717, 1.165) is 38.7 Å². The zero-order chi connectivity index (χ0) is 16.1. The van der Waals surface area contributed by atoms with E-state index in [0.29, 0.717) is 18.0 Å². The number of halogens is 2. The van der Waals surface area contributed by atoms with Gasteiger partial charge in [0.15, 0.2) is 0 Å². The van der Waals surface area contributed by atoms with E-state index < -0.39 is 5.82 Å². The van der Waals surface area contributed by atoms with Gasteiger partial charge in [0.2, 0.25) is 0 Å². The van der Waals surface area contributed by atoms with Crippen LogP contribution in [0.5, 0.6) is 0 Å². The largest absolute Gasteiger partial charge is 0.396 e. The van der Waals surface area contributed by atoms with E-state index in [9.17, 15) is 13.9 Å². The Hall–Kier alpha value is -1.04. The minimum absolute atomic E-state index is 0.154. The number of hydrogen-bond acceptors (Lipinski definition) is 3. The number of rotatable bonds is 6. The standard InChI is InChI=1S/C17H26F2N2O/c1-13(2)10-21-7-6-20(12-16(21)5-8-22)11-14-9-15(18)3-4-17(14)19/h3-4,9,13,16,22H,5-8,10-12H2,1-2H3. The smallest absolute Gasteiger partial charge is 0.127 e. The number of aliphatic hydroxyl groups is 1. The molecular weight excluding hydrogens is 286 g/mol. The van der Waals surface area contributed by atoms with Crippen molar-refractivity contribution in [3.8, 4) is 0 Å². The second-order valence-electron chi connectivity index (χ2n) is 6.53. The average Bonchev–Trinajstić information content (AvgIpc) is 2.45. The molecule has 5 heteroatoms. The van der Waals surface area contributed by atoms with Gasteiger partial charge in [-0.1, -0.05) is 13.8 Å². The predicted molar refractivity (Wildman–Crippen MR) is 83.5 cm³/mol. The molecule has 1 saturated heterocycles. The lowest BCUT2D eigenvalue weighted by molar-refractivity contribution is 0.0472. The normalized spacial score (nSPS) is 20.7. The highest BCUT2D eigenvalue weighted by Crippen LogP contribution is 2.18. The summed E-state index contributed by atoms with van der Waals surface area (Å²) in [5.74, 6) is -0.181. The van der Waals surface area contributed by atoms with Crippen LogP contribution in [-0.2, 0) is 6.54 Å². The second kappa shape index (κ2) is 7.99. The third-order valence-electron chi connectivity index (χ3n) is 4.15. The molecule has 124 valence electrons. The molecule has 1 N–H and O–H groups in total. The lowest BCUT2D eigenvalue weighted by Gasteiger charge is -2.42. The third-order valence-corrected chi connectivity index (χ3v) is 4.15. The second-order valence-corrected chi connectivity index (χ2v) is 6.53. The zero-order valence-electron chi connectivity index (χ0n) is 13.4. The van der Waals surface area contributed by atoms with Gasteiger partial charge in [-0.25, -0.2) is 8.78 Å². The third kappa shape index (κ3) is 4.73. The molecule has 3 nitrogen and oxygen atoms in total. The average molecular weight is 312 g/mol. The van der Waals surface area contributed by atoms with E-state index in [-0.39, 0.29) is 18.5 Å². The van der Waals surface area contributed by atoms with Gasteiger partial charge in [-0.3, -0.25) is 9.80 Å². The van der Waals surface area contributed by atoms with E-state index in [1.54, 1.807) is 0 Å². The monoisotopic (exact) mass is 312 g/mol. The maximum Gasteiger partial charge on any atom is 0.127 e. The molecule has 0 spiro atoms. The first-order valence-corrected chi connectivity index (χ1v) is 8.00. The van der Waals surface area contributed by atoms with Gasteiger partial charge in [-0.05, 0) is 30.5 Å². The number of aliphatic hydroxyl groups excluding tert-OH is 1. The summed E-state index contributed by atoms with van der Waals surface area (Å²) in [7, 11) is 0. The van der Waals surface area contributed by atoms with Crippen LogP contribution in [0.15, 0.2) is 18.2 Å². The van der Waals surface area contributed by atoms with E-state index in [1.165, 1.54) is 12.1 Å². The van der Waals surface area contributed by atoms with Crippen LogP contribution >= 0.6 is 0 Å². The van der Waals surface area contributed by atoms with Gasteiger partial charge < -0.3 is 5.11 Å². The summed E-state index contributed by atoms with van der Waals surface area (Å²) in [6, 6.07) is 3.88. The highest BCUT2D eigenvalue weighted by atomic mass is 19.1. The molecule has 0 amide bonds. The molecule has 1 fully saturated rings. The van der Waals surface area contributed by atoms with E-state index >= 15 is 0 Å². The van der Waals surface area contributed by atoms with Gasteiger partial charge in [-0.15, -0.1) is 0 Å². The molecule has 1 aromatic rings. The van der Waals surface area contributed by atoms with Gasteiger partial charge in [0.25, 0.3) is 0 Å². The maximum absolute atomic E-state index is 13.8. The van der Waals surface area contributed by atoms with E-state index in [2.05, 4.69) is 23.6 Å². The van der Waals surface area contributed by atoms with Crippen LogP contribution in [0.25, 0.3) is 0 Å². The van der Waals surface area contributed by atoms with Crippen molar-refractivity contribution in [3.05, 3.63) is 35.4 Å². The Morgan fingerprint density at radius 1 is 1.27 bits per heavy atom. The summed E-state index contributed by atoms with van der Waals surface area (Å²) in [4.78, 5) is 4.55. The highest BCUT2D eigenvalue weighted by Gasteiger charge is 2.27. The first-order chi connectivity index (χ1) is 10.5. The molecule has 0 aliphatic carbocycles. The van der Waals surface area contributed by atoms with Gasteiger partial charge in [0.05, 0.1) is 0 Å². The summed E-state index contributed by atoms with van der Waals surface area (Å²) in [5.41, 5.74) is 0.403. The van der Waals surface area contributed by atoms with Crippen molar-refractivity contribution >= 4 is 0 Å². The number of benzene rings is 1. The Labute approximate surface area is 131 Å². The molecule has 1 atom stereocenters. The number of nitrogens with zero attached hydrogens (tertiary/aromatic N) is 2. The van der Waals surface area contributed by atoms with Crippen molar-refractivity contribution in [1.29, 1.82) is 0 Å². The van der Waals surface area contributed by atoms with Crippen molar-refractivity contribution in [2.75, 3.05) is 32.8 Å². The van der Waals surface area contributed by atoms with Crippen LogP contribution in [0.2, 0.25) is 0 Å². The Balaban J connectivity index is 2.00. The SMILES string of the molecule is CC(C)CN1CCN(Cc2cc(F)ccc2F)CC1CCO. The summed E-state index contributed by atoms with van der Waals surface area (Å²) in [6.07, 6.45) is 0.717. The minimum atomic E-state index is -0.401. The minimum Gasteiger partial charge on any atom is -0.396 e. The summed E-state index contributed by atoms with van der Waals surface area (Å²) >= 11 is 0. The molecule has 2 rings (SSSR count).